The van der Waals surface area contributed by atoms with Crippen LogP contribution in [-0.2, 0) is 0 Å². The van der Waals surface area contributed by atoms with Gasteiger partial charge in [-0.05, 0) is 37.0 Å². The van der Waals surface area contributed by atoms with E-state index >= 15 is 0 Å². The highest BCUT2D eigenvalue weighted by atomic mass is 35.5. The van der Waals surface area contributed by atoms with Gasteiger partial charge in [0.2, 0.25) is 0 Å². The number of hydrogen-bond donors (Lipinski definition) is 2. The number of nitrogens with two attached hydrogens (primary N) is 1. The zero-order valence-electron chi connectivity index (χ0n) is 11.6. The molecule has 1 aliphatic carbocycles. The molecule has 1 aromatic carbocycles. The quantitative estimate of drug-likeness (QED) is 0.656. The summed E-state index contributed by atoms with van der Waals surface area (Å²) in [5, 5.41) is 8.11. The Labute approximate surface area is 120 Å². The van der Waals surface area contributed by atoms with E-state index in [0.717, 1.165) is 11.6 Å². The van der Waals surface area contributed by atoms with E-state index < -0.39 is 0 Å². The molecule has 3 nitrogen and oxygen atoms in total. The first-order chi connectivity index (χ1) is 8.99. The molecule has 2 rings (SSSR count). The first kappa shape index (κ1) is 14.2. The highest BCUT2D eigenvalue weighted by Gasteiger charge is 2.23. The van der Waals surface area contributed by atoms with E-state index in [1.807, 2.05) is 12.1 Å². The van der Waals surface area contributed by atoms with Gasteiger partial charge in [0.05, 0.1) is 10.7 Å². The molecule has 1 aromatic rings. The van der Waals surface area contributed by atoms with Crippen LogP contribution >= 0.6 is 11.6 Å². The Hall–Kier alpha value is -1.22. The van der Waals surface area contributed by atoms with E-state index in [-0.39, 0.29) is 5.84 Å². The van der Waals surface area contributed by atoms with Gasteiger partial charge in [-0.3, -0.25) is 5.41 Å². The zero-order chi connectivity index (χ0) is 14.0. The zero-order valence-corrected chi connectivity index (χ0v) is 12.4. The molecule has 1 fully saturated rings. The van der Waals surface area contributed by atoms with Crippen molar-refractivity contribution >= 4 is 23.1 Å². The molecule has 19 heavy (non-hydrogen) atoms. The van der Waals surface area contributed by atoms with Crippen molar-refractivity contribution in [2.24, 2.45) is 11.7 Å². The highest BCUT2D eigenvalue weighted by Crippen LogP contribution is 2.33. The second-order valence-corrected chi connectivity index (χ2v) is 6.02. The van der Waals surface area contributed by atoms with Crippen LogP contribution in [0.4, 0.5) is 5.69 Å². The second kappa shape index (κ2) is 5.83. The van der Waals surface area contributed by atoms with Crippen LogP contribution < -0.4 is 10.6 Å². The molecular weight excluding hydrogens is 258 g/mol. The van der Waals surface area contributed by atoms with Crippen LogP contribution in [0.25, 0.3) is 0 Å². The van der Waals surface area contributed by atoms with Gasteiger partial charge in [0.25, 0.3) is 0 Å². The summed E-state index contributed by atoms with van der Waals surface area (Å²) in [5.41, 5.74) is 7.19. The Kier molecular flexibility index (Phi) is 4.35. The SMILES string of the molecule is CC1CCCC(N(C)c2ccc(C(=N)N)cc2Cl)C1. The largest absolute Gasteiger partial charge is 0.384 e. The van der Waals surface area contributed by atoms with Crippen molar-refractivity contribution in [1.82, 2.24) is 0 Å². The molecule has 0 saturated heterocycles. The molecular formula is C15H22ClN3. The predicted octanol–water partition coefficient (Wildman–Crippen LogP) is 3.64. The van der Waals surface area contributed by atoms with E-state index in [9.17, 15) is 0 Å². The van der Waals surface area contributed by atoms with Crippen molar-refractivity contribution in [2.45, 2.75) is 38.6 Å². The second-order valence-electron chi connectivity index (χ2n) is 5.62. The molecule has 0 bridgehead atoms. The predicted molar refractivity (Wildman–Crippen MR) is 82.3 cm³/mol. The molecule has 0 radical (unpaired) electrons. The molecule has 0 spiro atoms. The van der Waals surface area contributed by atoms with Crippen molar-refractivity contribution in [3.63, 3.8) is 0 Å². The number of nitrogen functional groups attached to an aromatic ring is 1. The molecule has 2 unspecified atom stereocenters. The summed E-state index contributed by atoms with van der Waals surface area (Å²) in [6.07, 6.45) is 5.08. The Bertz CT molecular complexity index is 472. The van der Waals surface area contributed by atoms with Crippen LogP contribution in [0.5, 0.6) is 0 Å². The molecule has 0 aromatic heterocycles. The number of benzene rings is 1. The van der Waals surface area contributed by atoms with Crippen LogP contribution in [-0.4, -0.2) is 18.9 Å². The van der Waals surface area contributed by atoms with Gasteiger partial charge >= 0.3 is 0 Å². The number of anilines is 1. The molecule has 4 heteroatoms. The lowest BCUT2D eigenvalue weighted by Gasteiger charge is -2.36. The van der Waals surface area contributed by atoms with E-state index in [4.69, 9.17) is 22.7 Å². The summed E-state index contributed by atoms with van der Waals surface area (Å²) in [5.74, 6) is 0.846. The first-order valence-electron chi connectivity index (χ1n) is 6.86. The van der Waals surface area contributed by atoms with Crippen LogP contribution in [0.3, 0.4) is 0 Å². The lowest BCUT2D eigenvalue weighted by Crippen LogP contribution is -2.35. The monoisotopic (exact) mass is 279 g/mol. The summed E-state index contributed by atoms with van der Waals surface area (Å²) >= 11 is 6.33. The lowest BCUT2D eigenvalue weighted by molar-refractivity contribution is 0.336. The molecule has 0 heterocycles. The topological polar surface area (TPSA) is 53.1 Å². The summed E-state index contributed by atoms with van der Waals surface area (Å²) in [7, 11) is 2.11. The third kappa shape index (κ3) is 3.21. The molecule has 104 valence electrons. The molecule has 0 amide bonds. The Morgan fingerprint density at radius 3 is 2.74 bits per heavy atom. The number of nitrogens with zero attached hydrogens (tertiary/aromatic N) is 1. The lowest BCUT2D eigenvalue weighted by atomic mass is 9.86. The summed E-state index contributed by atoms with van der Waals surface area (Å²) in [6.45, 7) is 2.32. The van der Waals surface area contributed by atoms with Crippen molar-refractivity contribution in [1.29, 1.82) is 5.41 Å². The average Bonchev–Trinajstić information content (AvgIpc) is 2.37. The third-order valence-electron chi connectivity index (χ3n) is 4.10. The minimum absolute atomic E-state index is 0.0578. The van der Waals surface area contributed by atoms with Crippen molar-refractivity contribution in [3.05, 3.63) is 28.8 Å². The standard InChI is InChI=1S/C15H22ClN3/c1-10-4-3-5-12(8-10)19(2)14-7-6-11(15(17)18)9-13(14)16/h6-7,9-10,12H,3-5,8H2,1-2H3,(H3,17,18). The number of hydrogen-bond acceptors (Lipinski definition) is 2. The Balaban J connectivity index is 2.19. The smallest absolute Gasteiger partial charge is 0.122 e. The maximum Gasteiger partial charge on any atom is 0.122 e. The minimum Gasteiger partial charge on any atom is -0.384 e. The third-order valence-corrected chi connectivity index (χ3v) is 4.40. The van der Waals surface area contributed by atoms with Crippen LogP contribution in [0.2, 0.25) is 5.02 Å². The van der Waals surface area contributed by atoms with Crippen LogP contribution in [0.1, 0.15) is 38.2 Å². The molecule has 1 saturated carbocycles. The van der Waals surface area contributed by atoms with Gasteiger partial charge in [0.1, 0.15) is 5.84 Å². The molecule has 2 atom stereocenters. The Morgan fingerprint density at radius 2 is 2.16 bits per heavy atom. The molecule has 3 N–H and O–H groups in total. The van der Waals surface area contributed by atoms with E-state index in [1.54, 1.807) is 6.07 Å². The maximum absolute atomic E-state index is 7.44. The van der Waals surface area contributed by atoms with Crippen LogP contribution in [0.15, 0.2) is 18.2 Å². The van der Waals surface area contributed by atoms with E-state index in [0.29, 0.717) is 16.6 Å². The normalized spacial score (nSPS) is 23.1. The summed E-state index contributed by atoms with van der Waals surface area (Å²) < 4.78 is 0. The van der Waals surface area contributed by atoms with Gasteiger partial charge in [0, 0.05) is 18.7 Å². The van der Waals surface area contributed by atoms with Gasteiger partial charge in [-0.25, -0.2) is 0 Å². The minimum atomic E-state index is 0.0578. The van der Waals surface area contributed by atoms with Gasteiger partial charge in [0.15, 0.2) is 0 Å². The maximum atomic E-state index is 7.44. The van der Waals surface area contributed by atoms with E-state index in [1.165, 1.54) is 25.7 Å². The van der Waals surface area contributed by atoms with Crippen molar-refractivity contribution < 1.29 is 0 Å². The fraction of sp³-hybridized carbons (Fsp3) is 0.533. The number of nitrogens with one attached hydrogen (secondary N) is 1. The number of amidine groups is 1. The van der Waals surface area contributed by atoms with Crippen molar-refractivity contribution in [2.75, 3.05) is 11.9 Å². The van der Waals surface area contributed by atoms with Gasteiger partial charge in [-0.1, -0.05) is 31.4 Å². The highest BCUT2D eigenvalue weighted by molar-refractivity contribution is 6.33. The fourth-order valence-electron chi connectivity index (χ4n) is 2.91. The van der Waals surface area contributed by atoms with Crippen LogP contribution in [0, 0.1) is 11.3 Å². The van der Waals surface area contributed by atoms with Crippen molar-refractivity contribution in [3.8, 4) is 0 Å². The van der Waals surface area contributed by atoms with Gasteiger partial charge in [-0.15, -0.1) is 0 Å². The number of halogens is 1. The Morgan fingerprint density at radius 1 is 1.42 bits per heavy atom. The summed E-state index contributed by atoms with van der Waals surface area (Å²) in [4.78, 5) is 2.28. The van der Waals surface area contributed by atoms with E-state index in [2.05, 4.69) is 18.9 Å². The number of rotatable bonds is 3. The van der Waals surface area contributed by atoms with Gasteiger partial charge in [-0.2, -0.15) is 0 Å². The fourth-order valence-corrected chi connectivity index (χ4v) is 3.22. The van der Waals surface area contributed by atoms with Gasteiger partial charge < -0.3 is 10.6 Å². The summed E-state index contributed by atoms with van der Waals surface area (Å²) in [6, 6.07) is 6.18. The average molecular weight is 280 g/mol. The first-order valence-corrected chi connectivity index (χ1v) is 7.23. The molecule has 0 aliphatic heterocycles. The molecule has 1 aliphatic rings.